The molecule has 0 saturated carbocycles. The zero-order chi connectivity index (χ0) is 47.7. The maximum absolute atomic E-state index is 2.43. The third kappa shape index (κ3) is 10.3. The summed E-state index contributed by atoms with van der Waals surface area (Å²) in [6, 6.07) is 67.6. The minimum absolute atomic E-state index is 0.0999. The van der Waals surface area contributed by atoms with E-state index in [2.05, 4.69) is 283 Å². The monoisotopic (exact) mass is 868 g/mol. The Bertz CT molecular complexity index is 3000. The molecular weight excluding hydrogens is 795 g/mol. The van der Waals surface area contributed by atoms with Gasteiger partial charge in [-0.1, -0.05) is 252 Å². The largest absolute Gasteiger partial charge is 0.335 e. The van der Waals surface area contributed by atoms with E-state index in [1.54, 1.807) is 0 Å². The Kier molecular flexibility index (Phi) is 13.5. The van der Waals surface area contributed by atoms with Crippen LogP contribution in [0.5, 0.6) is 0 Å². The van der Waals surface area contributed by atoms with E-state index in [1.807, 2.05) is 6.07 Å². The smallest absolute Gasteiger partial charge is 0.0496 e. The molecule has 0 unspecified atom stereocenters. The SMILES string of the molecule is CC(C)(C)c1ccc(-c2ccccc2)cc1.CC(C)(C)c1ccc2c(c1)-c1ccccc1C2(C)C.CC(C)(C)c1cccc2ccccc12.CC(C)(C)n1c2ccccc2c2ccccc21. The molecule has 0 bridgehead atoms. The molecule has 1 nitrogen and oxygen atoms in total. The first-order valence-electron chi connectivity index (χ1n) is 23.9. The van der Waals surface area contributed by atoms with Gasteiger partial charge in [-0.05, 0) is 110 Å². The molecule has 0 radical (unpaired) electrons. The van der Waals surface area contributed by atoms with Crippen molar-refractivity contribution in [3.63, 3.8) is 0 Å². The highest BCUT2D eigenvalue weighted by atomic mass is 15.0. The van der Waals surface area contributed by atoms with Crippen molar-refractivity contribution >= 4 is 32.6 Å². The second kappa shape index (κ2) is 18.6. The summed E-state index contributed by atoms with van der Waals surface area (Å²) in [6.07, 6.45) is 0. The van der Waals surface area contributed by atoms with Crippen LogP contribution in [0.2, 0.25) is 0 Å². The number of aromatic nitrogens is 1. The third-order valence-corrected chi connectivity index (χ3v) is 13.2. The van der Waals surface area contributed by atoms with E-state index >= 15 is 0 Å². The van der Waals surface area contributed by atoms with Crippen LogP contribution in [0.4, 0.5) is 0 Å². The van der Waals surface area contributed by atoms with Crippen molar-refractivity contribution < 1.29 is 0 Å². The average molecular weight is 868 g/mol. The first-order chi connectivity index (χ1) is 31.1. The van der Waals surface area contributed by atoms with Gasteiger partial charge in [-0.25, -0.2) is 0 Å². The molecule has 1 aliphatic carbocycles. The van der Waals surface area contributed by atoms with Gasteiger partial charge < -0.3 is 4.57 Å². The molecule has 338 valence electrons. The van der Waals surface area contributed by atoms with Crippen molar-refractivity contribution in [1.82, 2.24) is 4.57 Å². The fourth-order valence-electron chi connectivity index (χ4n) is 9.50. The lowest BCUT2D eigenvalue weighted by molar-refractivity contribution is 0.423. The van der Waals surface area contributed by atoms with E-state index in [0.29, 0.717) is 0 Å². The number of fused-ring (bicyclic) bond motifs is 7. The Hall–Kier alpha value is -6.18. The molecule has 1 aromatic heterocycles. The van der Waals surface area contributed by atoms with Gasteiger partial charge in [0.15, 0.2) is 0 Å². The van der Waals surface area contributed by atoms with Crippen molar-refractivity contribution in [2.24, 2.45) is 0 Å². The summed E-state index contributed by atoms with van der Waals surface area (Å²) in [5.41, 5.74) is 16.1. The molecule has 9 aromatic rings. The van der Waals surface area contributed by atoms with Gasteiger partial charge in [0.1, 0.15) is 0 Å². The lowest BCUT2D eigenvalue weighted by atomic mass is 9.80. The Labute approximate surface area is 397 Å². The Morgan fingerprint density at radius 1 is 0.348 bits per heavy atom. The highest BCUT2D eigenvalue weighted by Gasteiger charge is 2.35. The second-order valence-corrected chi connectivity index (χ2v) is 22.7. The third-order valence-electron chi connectivity index (χ3n) is 13.2. The zero-order valence-electron chi connectivity index (χ0n) is 42.3. The van der Waals surface area contributed by atoms with Gasteiger partial charge >= 0.3 is 0 Å². The second-order valence-electron chi connectivity index (χ2n) is 22.7. The molecule has 8 aromatic carbocycles. The van der Waals surface area contributed by atoms with Gasteiger partial charge in [-0.2, -0.15) is 0 Å². The number of nitrogens with zero attached hydrogens (tertiary/aromatic N) is 1. The van der Waals surface area contributed by atoms with Crippen LogP contribution in [0.25, 0.3) is 54.8 Å². The average Bonchev–Trinajstić information content (AvgIpc) is 3.75. The van der Waals surface area contributed by atoms with Gasteiger partial charge in [0.05, 0.1) is 0 Å². The number of hydrogen-bond donors (Lipinski definition) is 0. The number of para-hydroxylation sites is 2. The Balaban J connectivity index is 0.000000132. The highest BCUT2D eigenvalue weighted by molar-refractivity contribution is 6.08. The van der Waals surface area contributed by atoms with E-state index in [1.165, 1.54) is 82.6 Å². The van der Waals surface area contributed by atoms with E-state index in [4.69, 9.17) is 0 Å². The van der Waals surface area contributed by atoms with Crippen molar-refractivity contribution in [2.45, 2.75) is 124 Å². The molecule has 0 spiro atoms. The molecule has 0 fully saturated rings. The van der Waals surface area contributed by atoms with Crippen LogP contribution in [0.3, 0.4) is 0 Å². The summed E-state index contributed by atoms with van der Waals surface area (Å²) >= 11 is 0. The summed E-state index contributed by atoms with van der Waals surface area (Å²) in [5, 5.41) is 5.40. The first kappa shape index (κ1) is 47.8. The predicted molar refractivity (Wildman–Crippen MR) is 290 cm³/mol. The molecule has 10 rings (SSSR count). The fourth-order valence-corrected chi connectivity index (χ4v) is 9.50. The van der Waals surface area contributed by atoms with Gasteiger partial charge in [0.2, 0.25) is 0 Å². The number of hydrogen-bond acceptors (Lipinski definition) is 0. The van der Waals surface area contributed by atoms with E-state index in [9.17, 15) is 0 Å². The molecule has 0 N–H and O–H groups in total. The van der Waals surface area contributed by atoms with Crippen LogP contribution in [-0.2, 0) is 27.2 Å². The van der Waals surface area contributed by atoms with Gasteiger partial charge in [0, 0.05) is 32.8 Å². The summed E-state index contributed by atoms with van der Waals surface area (Å²) < 4.78 is 2.43. The van der Waals surface area contributed by atoms with Crippen LogP contribution in [0.1, 0.15) is 125 Å². The molecule has 0 aliphatic heterocycles. The number of rotatable bonds is 1. The summed E-state index contributed by atoms with van der Waals surface area (Å²) in [5.74, 6) is 0. The highest BCUT2D eigenvalue weighted by Crippen LogP contribution is 2.49. The van der Waals surface area contributed by atoms with Gasteiger partial charge in [-0.3, -0.25) is 0 Å². The van der Waals surface area contributed by atoms with Crippen molar-refractivity contribution in [3.8, 4) is 22.3 Å². The van der Waals surface area contributed by atoms with Crippen LogP contribution < -0.4 is 0 Å². The van der Waals surface area contributed by atoms with E-state index in [-0.39, 0.29) is 27.2 Å². The topological polar surface area (TPSA) is 4.93 Å². The van der Waals surface area contributed by atoms with Crippen LogP contribution in [-0.4, -0.2) is 4.57 Å². The van der Waals surface area contributed by atoms with Crippen LogP contribution >= 0.6 is 0 Å². The molecule has 0 amide bonds. The minimum Gasteiger partial charge on any atom is -0.335 e. The standard InChI is InChI=1S/C19H22.C16H17N.C16H18.C14H16/c1-18(2,3)13-10-11-17-15(12-13)14-8-6-7-9-16(14)19(17,4)5;1-16(2,3)17-14-10-6-4-8-12(14)13-9-5-7-11-15(13)17;1-16(2,3)15-11-9-14(10-12-15)13-7-5-4-6-8-13;1-14(2,3)13-10-6-8-11-7-4-5-9-12(11)13/h6-12H,1-5H3;4-11H,1-3H3;4-12H,1-3H3;4-10H,1-3H3. The molecule has 1 aliphatic rings. The molecular formula is C65H73N. The van der Waals surface area contributed by atoms with E-state index < -0.39 is 0 Å². The minimum atomic E-state index is 0.0999. The normalized spacial score (nSPS) is 13.1. The fraction of sp³-hybridized carbons (Fsp3) is 0.292. The molecule has 0 saturated heterocycles. The lowest BCUT2D eigenvalue weighted by Crippen LogP contribution is -2.21. The van der Waals surface area contributed by atoms with Crippen molar-refractivity contribution in [1.29, 1.82) is 0 Å². The van der Waals surface area contributed by atoms with Crippen LogP contribution in [0.15, 0.2) is 188 Å². The van der Waals surface area contributed by atoms with Crippen LogP contribution in [0, 0.1) is 0 Å². The van der Waals surface area contributed by atoms with Crippen molar-refractivity contribution in [3.05, 3.63) is 216 Å². The summed E-state index contributed by atoms with van der Waals surface area (Å²) in [6.45, 7) is 31.8. The molecule has 1 heteroatoms. The maximum Gasteiger partial charge on any atom is 0.0496 e. The lowest BCUT2D eigenvalue weighted by Gasteiger charge is -2.24. The molecule has 1 heterocycles. The Morgan fingerprint density at radius 3 is 1.36 bits per heavy atom. The quantitative estimate of drug-likeness (QED) is 0.155. The Morgan fingerprint density at radius 2 is 0.803 bits per heavy atom. The van der Waals surface area contributed by atoms with Gasteiger partial charge in [-0.15, -0.1) is 0 Å². The first-order valence-corrected chi connectivity index (χ1v) is 23.9. The van der Waals surface area contributed by atoms with Crippen molar-refractivity contribution in [2.75, 3.05) is 0 Å². The zero-order valence-corrected chi connectivity index (χ0v) is 42.3. The predicted octanol–water partition coefficient (Wildman–Crippen LogP) is 18.6. The molecule has 66 heavy (non-hydrogen) atoms. The number of benzene rings is 8. The maximum atomic E-state index is 2.43. The molecule has 0 atom stereocenters. The summed E-state index contributed by atoms with van der Waals surface area (Å²) in [4.78, 5) is 0. The van der Waals surface area contributed by atoms with Gasteiger partial charge in [0.25, 0.3) is 0 Å². The summed E-state index contributed by atoms with van der Waals surface area (Å²) in [7, 11) is 0. The van der Waals surface area contributed by atoms with E-state index in [0.717, 1.165) is 0 Å².